The highest BCUT2D eigenvalue weighted by atomic mass is 14.9. The van der Waals surface area contributed by atoms with Gasteiger partial charge in [0, 0.05) is 6.04 Å². The van der Waals surface area contributed by atoms with Crippen molar-refractivity contribution in [3.8, 4) is 6.07 Å². The van der Waals surface area contributed by atoms with Crippen LogP contribution in [0.3, 0.4) is 0 Å². The molecule has 1 aromatic carbocycles. The van der Waals surface area contributed by atoms with Crippen LogP contribution in [-0.4, -0.2) is 6.04 Å². The Hall–Kier alpha value is -1.33. The highest BCUT2D eigenvalue weighted by molar-refractivity contribution is 5.35. The van der Waals surface area contributed by atoms with Crippen LogP contribution >= 0.6 is 0 Å². The fraction of sp³-hybridized carbons (Fsp3) is 0.462. The van der Waals surface area contributed by atoms with Gasteiger partial charge in [0.15, 0.2) is 0 Å². The van der Waals surface area contributed by atoms with Gasteiger partial charge in [-0.25, -0.2) is 0 Å². The molecule has 0 aliphatic carbocycles. The molecule has 1 unspecified atom stereocenters. The van der Waals surface area contributed by atoms with Crippen LogP contribution in [0.5, 0.6) is 0 Å². The van der Waals surface area contributed by atoms with Crippen LogP contribution < -0.4 is 5.32 Å². The van der Waals surface area contributed by atoms with Gasteiger partial charge in [-0.3, -0.25) is 5.32 Å². The van der Waals surface area contributed by atoms with Crippen molar-refractivity contribution in [3.05, 3.63) is 34.9 Å². The van der Waals surface area contributed by atoms with E-state index in [1.54, 1.807) is 0 Å². The average Bonchev–Trinajstić information content (AvgIpc) is 2.18. The van der Waals surface area contributed by atoms with Crippen molar-refractivity contribution in [2.45, 2.75) is 39.8 Å². The number of hydrogen-bond acceptors (Lipinski definition) is 2. The van der Waals surface area contributed by atoms with Gasteiger partial charge in [-0.1, -0.05) is 23.8 Å². The molecule has 0 amide bonds. The van der Waals surface area contributed by atoms with Gasteiger partial charge in [-0.15, -0.1) is 0 Å². The fourth-order valence-electron chi connectivity index (χ4n) is 1.60. The molecule has 0 aliphatic rings. The first-order chi connectivity index (χ1) is 7.04. The minimum Gasteiger partial charge on any atom is -0.296 e. The van der Waals surface area contributed by atoms with E-state index in [-0.39, 0.29) is 6.04 Å². The Labute approximate surface area is 91.9 Å². The molecule has 1 rings (SSSR count). The molecule has 0 bridgehead atoms. The predicted octanol–water partition coefficient (Wildman–Crippen LogP) is 2.87. The first-order valence-electron chi connectivity index (χ1n) is 5.27. The summed E-state index contributed by atoms with van der Waals surface area (Å²) in [4.78, 5) is 0. The van der Waals surface area contributed by atoms with Crippen molar-refractivity contribution in [1.82, 2.24) is 5.32 Å². The van der Waals surface area contributed by atoms with Gasteiger partial charge in [0.2, 0.25) is 0 Å². The van der Waals surface area contributed by atoms with Gasteiger partial charge < -0.3 is 0 Å². The Balaban J connectivity index is 3.02. The Kier molecular flexibility index (Phi) is 3.88. The second-order valence-corrected chi connectivity index (χ2v) is 4.24. The van der Waals surface area contributed by atoms with E-state index >= 15 is 0 Å². The van der Waals surface area contributed by atoms with Gasteiger partial charge >= 0.3 is 0 Å². The van der Waals surface area contributed by atoms with Crippen LogP contribution in [0, 0.1) is 25.2 Å². The van der Waals surface area contributed by atoms with Crippen molar-refractivity contribution in [2.75, 3.05) is 0 Å². The molecule has 15 heavy (non-hydrogen) atoms. The van der Waals surface area contributed by atoms with Crippen molar-refractivity contribution in [2.24, 2.45) is 0 Å². The van der Waals surface area contributed by atoms with Crippen molar-refractivity contribution >= 4 is 0 Å². The molecule has 0 heterocycles. The zero-order valence-electron chi connectivity index (χ0n) is 9.83. The lowest BCUT2D eigenvalue weighted by atomic mass is 9.99. The number of aryl methyl sites for hydroxylation is 2. The number of rotatable bonds is 3. The van der Waals surface area contributed by atoms with E-state index in [0.717, 1.165) is 5.56 Å². The molecule has 0 saturated heterocycles. The maximum Gasteiger partial charge on any atom is 0.121 e. The van der Waals surface area contributed by atoms with Crippen molar-refractivity contribution < 1.29 is 0 Å². The second kappa shape index (κ2) is 4.95. The summed E-state index contributed by atoms with van der Waals surface area (Å²) in [5.41, 5.74) is 3.45. The minimum absolute atomic E-state index is 0.204. The number of hydrogen-bond donors (Lipinski definition) is 1. The SMILES string of the molecule is Cc1ccc(C)c(C(C#N)NC(C)C)c1. The normalized spacial score (nSPS) is 12.5. The Morgan fingerprint density at radius 1 is 1.27 bits per heavy atom. The third-order valence-corrected chi connectivity index (χ3v) is 2.37. The Morgan fingerprint density at radius 3 is 2.47 bits per heavy atom. The maximum absolute atomic E-state index is 9.13. The molecule has 0 aromatic heterocycles. The van der Waals surface area contributed by atoms with E-state index in [2.05, 4.69) is 43.4 Å². The highest BCUT2D eigenvalue weighted by Gasteiger charge is 2.13. The Bertz CT molecular complexity index is 375. The predicted molar refractivity (Wildman–Crippen MR) is 62.5 cm³/mol. The van der Waals surface area contributed by atoms with Crippen molar-refractivity contribution in [1.29, 1.82) is 5.26 Å². The number of nitrogens with zero attached hydrogens (tertiary/aromatic N) is 1. The molecular formula is C13H18N2. The van der Waals surface area contributed by atoms with Crippen LogP contribution in [0.2, 0.25) is 0 Å². The quantitative estimate of drug-likeness (QED) is 0.818. The standard InChI is InChI=1S/C13H18N2/c1-9(2)15-13(8-14)12-7-10(3)5-6-11(12)4/h5-7,9,13,15H,1-4H3. The lowest BCUT2D eigenvalue weighted by Crippen LogP contribution is -2.27. The number of nitrogens with one attached hydrogen (secondary N) is 1. The molecule has 0 saturated carbocycles. The monoisotopic (exact) mass is 202 g/mol. The van der Waals surface area contributed by atoms with Gasteiger partial charge in [-0.2, -0.15) is 5.26 Å². The molecule has 0 spiro atoms. The van der Waals surface area contributed by atoms with E-state index in [4.69, 9.17) is 5.26 Å². The van der Waals surface area contributed by atoms with Gasteiger partial charge in [-0.05, 0) is 38.8 Å². The summed E-state index contributed by atoms with van der Waals surface area (Å²) in [5.74, 6) is 0. The van der Waals surface area contributed by atoms with E-state index in [1.807, 2.05) is 13.8 Å². The van der Waals surface area contributed by atoms with Gasteiger partial charge in [0.1, 0.15) is 6.04 Å². The molecule has 0 aliphatic heterocycles. The first-order valence-corrected chi connectivity index (χ1v) is 5.27. The number of nitriles is 1. The molecule has 80 valence electrons. The molecule has 1 N–H and O–H groups in total. The number of benzene rings is 1. The lowest BCUT2D eigenvalue weighted by Gasteiger charge is -2.17. The summed E-state index contributed by atoms with van der Waals surface area (Å²) in [5, 5.41) is 12.4. The molecule has 2 nitrogen and oxygen atoms in total. The van der Waals surface area contributed by atoms with Gasteiger partial charge in [0.05, 0.1) is 6.07 Å². The smallest absolute Gasteiger partial charge is 0.121 e. The summed E-state index contributed by atoms with van der Waals surface area (Å²) in [6, 6.07) is 8.64. The first kappa shape index (κ1) is 11.7. The summed E-state index contributed by atoms with van der Waals surface area (Å²) in [7, 11) is 0. The highest BCUT2D eigenvalue weighted by Crippen LogP contribution is 2.19. The third kappa shape index (κ3) is 3.07. The summed E-state index contributed by atoms with van der Waals surface area (Å²) < 4.78 is 0. The second-order valence-electron chi connectivity index (χ2n) is 4.24. The zero-order chi connectivity index (χ0) is 11.4. The summed E-state index contributed by atoms with van der Waals surface area (Å²) >= 11 is 0. The van der Waals surface area contributed by atoms with Crippen LogP contribution in [0.25, 0.3) is 0 Å². The largest absolute Gasteiger partial charge is 0.296 e. The van der Waals surface area contributed by atoms with E-state index < -0.39 is 0 Å². The topological polar surface area (TPSA) is 35.8 Å². The van der Waals surface area contributed by atoms with Gasteiger partial charge in [0.25, 0.3) is 0 Å². The summed E-state index contributed by atoms with van der Waals surface area (Å²) in [6.45, 7) is 8.19. The Morgan fingerprint density at radius 2 is 1.93 bits per heavy atom. The van der Waals surface area contributed by atoms with Crippen LogP contribution in [0.1, 0.15) is 36.6 Å². The van der Waals surface area contributed by atoms with E-state index in [1.165, 1.54) is 11.1 Å². The minimum atomic E-state index is -0.204. The molecule has 2 heteroatoms. The maximum atomic E-state index is 9.13. The molecule has 0 radical (unpaired) electrons. The molecular weight excluding hydrogens is 184 g/mol. The van der Waals surface area contributed by atoms with E-state index in [9.17, 15) is 0 Å². The van der Waals surface area contributed by atoms with Crippen molar-refractivity contribution in [3.63, 3.8) is 0 Å². The molecule has 1 aromatic rings. The summed E-state index contributed by atoms with van der Waals surface area (Å²) in [6.07, 6.45) is 0. The fourth-order valence-corrected chi connectivity index (χ4v) is 1.60. The third-order valence-electron chi connectivity index (χ3n) is 2.37. The molecule has 1 atom stereocenters. The average molecular weight is 202 g/mol. The van der Waals surface area contributed by atoms with Crippen LogP contribution in [0.4, 0.5) is 0 Å². The van der Waals surface area contributed by atoms with Crippen LogP contribution in [-0.2, 0) is 0 Å². The van der Waals surface area contributed by atoms with Crippen LogP contribution in [0.15, 0.2) is 18.2 Å². The zero-order valence-corrected chi connectivity index (χ0v) is 9.83. The molecule has 0 fully saturated rings. The lowest BCUT2D eigenvalue weighted by molar-refractivity contribution is 0.544. The van der Waals surface area contributed by atoms with E-state index in [0.29, 0.717) is 6.04 Å².